The van der Waals surface area contributed by atoms with Crippen molar-refractivity contribution < 1.29 is 9.18 Å². The van der Waals surface area contributed by atoms with Crippen LogP contribution >= 0.6 is 0 Å². The molecular formula is C15H21FN2O. The highest BCUT2D eigenvalue weighted by Crippen LogP contribution is 2.24. The molecule has 19 heavy (non-hydrogen) atoms. The van der Waals surface area contributed by atoms with Gasteiger partial charge in [-0.05, 0) is 44.6 Å². The summed E-state index contributed by atoms with van der Waals surface area (Å²) in [5.41, 5.74) is 1.23. The topological polar surface area (TPSA) is 23.6 Å². The number of rotatable bonds is 3. The van der Waals surface area contributed by atoms with E-state index in [1.807, 2.05) is 0 Å². The second kappa shape index (κ2) is 6.15. The van der Waals surface area contributed by atoms with Crippen LogP contribution in [-0.2, 0) is 0 Å². The minimum absolute atomic E-state index is 0.341. The SMILES string of the molecule is CCC1CN(C)CCCN1c1cc(F)cc(C=O)c1. The first-order valence-electron chi connectivity index (χ1n) is 6.85. The highest BCUT2D eigenvalue weighted by atomic mass is 19.1. The summed E-state index contributed by atoms with van der Waals surface area (Å²) in [5, 5.41) is 0. The molecule has 2 rings (SSSR count). The normalized spacial score (nSPS) is 21.2. The van der Waals surface area contributed by atoms with E-state index in [2.05, 4.69) is 23.8 Å². The van der Waals surface area contributed by atoms with E-state index >= 15 is 0 Å². The van der Waals surface area contributed by atoms with Gasteiger partial charge in [0.1, 0.15) is 12.1 Å². The minimum atomic E-state index is -0.341. The standard InChI is InChI=1S/C15H21FN2O/c1-3-14-10-17(2)5-4-6-18(14)15-8-12(11-19)7-13(16)9-15/h7-9,11,14H,3-6,10H2,1-2H3. The summed E-state index contributed by atoms with van der Waals surface area (Å²) in [7, 11) is 2.12. The molecule has 1 aliphatic rings. The van der Waals surface area contributed by atoms with Gasteiger partial charge in [0.25, 0.3) is 0 Å². The predicted molar refractivity (Wildman–Crippen MR) is 75.3 cm³/mol. The third kappa shape index (κ3) is 3.32. The van der Waals surface area contributed by atoms with Crippen LogP contribution in [0.25, 0.3) is 0 Å². The molecule has 0 bridgehead atoms. The zero-order chi connectivity index (χ0) is 13.8. The summed E-state index contributed by atoms with van der Waals surface area (Å²) in [4.78, 5) is 15.4. The Kier molecular flexibility index (Phi) is 4.53. The number of halogens is 1. The van der Waals surface area contributed by atoms with Crippen LogP contribution in [-0.4, -0.2) is 43.9 Å². The van der Waals surface area contributed by atoms with E-state index in [9.17, 15) is 9.18 Å². The first-order valence-corrected chi connectivity index (χ1v) is 6.85. The summed E-state index contributed by atoms with van der Waals surface area (Å²) in [6.07, 6.45) is 2.77. The van der Waals surface area contributed by atoms with Crippen molar-refractivity contribution in [3.05, 3.63) is 29.6 Å². The minimum Gasteiger partial charge on any atom is -0.367 e. The monoisotopic (exact) mass is 264 g/mol. The fraction of sp³-hybridized carbons (Fsp3) is 0.533. The molecule has 0 spiro atoms. The lowest BCUT2D eigenvalue weighted by Crippen LogP contribution is -2.39. The van der Waals surface area contributed by atoms with Gasteiger partial charge in [-0.15, -0.1) is 0 Å². The predicted octanol–water partition coefficient (Wildman–Crippen LogP) is 2.56. The molecule has 3 nitrogen and oxygen atoms in total. The molecule has 0 aliphatic carbocycles. The van der Waals surface area contributed by atoms with Crippen LogP contribution in [0.5, 0.6) is 0 Å². The van der Waals surface area contributed by atoms with Gasteiger partial charge in [-0.25, -0.2) is 4.39 Å². The Morgan fingerprint density at radius 3 is 2.84 bits per heavy atom. The number of carbonyl (C=O) groups excluding carboxylic acids is 1. The maximum Gasteiger partial charge on any atom is 0.150 e. The van der Waals surface area contributed by atoms with E-state index in [1.54, 1.807) is 6.07 Å². The number of likely N-dealkylation sites (N-methyl/N-ethyl adjacent to an activating group) is 1. The van der Waals surface area contributed by atoms with Crippen molar-refractivity contribution in [2.45, 2.75) is 25.8 Å². The third-order valence-corrected chi connectivity index (χ3v) is 3.75. The van der Waals surface area contributed by atoms with Crippen LogP contribution in [0.1, 0.15) is 30.1 Å². The Hall–Kier alpha value is -1.42. The van der Waals surface area contributed by atoms with Gasteiger partial charge in [0, 0.05) is 30.4 Å². The average Bonchev–Trinajstić information content (AvgIpc) is 2.59. The van der Waals surface area contributed by atoms with E-state index in [4.69, 9.17) is 0 Å². The van der Waals surface area contributed by atoms with Gasteiger partial charge in [-0.3, -0.25) is 4.79 Å². The number of carbonyl (C=O) groups is 1. The van der Waals surface area contributed by atoms with Crippen molar-refractivity contribution in [1.29, 1.82) is 0 Å². The van der Waals surface area contributed by atoms with E-state index in [1.165, 1.54) is 12.1 Å². The maximum atomic E-state index is 13.6. The maximum absolute atomic E-state index is 13.6. The molecule has 0 aromatic heterocycles. The van der Waals surface area contributed by atoms with Gasteiger partial charge in [0.15, 0.2) is 0 Å². The Bertz CT molecular complexity index is 450. The Labute approximate surface area is 114 Å². The molecule has 1 aliphatic heterocycles. The van der Waals surface area contributed by atoms with Crippen molar-refractivity contribution in [3.63, 3.8) is 0 Å². The summed E-state index contributed by atoms with van der Waals surface area (Å²) in [5.74, 6) is -0.341. The molecule has 0 amide bonds. The first kappa shape index (κ1) is 14.0. The Morgan fingerprint density at radius 2 is 2.16 bits per heavy atom. The van der Waals surface area contributed by atoms with Gasteiger partial charge in [-0.2, -0.15) is 0 Å². The number of nitrogens with zero attached hydrogens (tertiary/aromatic N) is 2. The van der Waals surface area contributed by atoms with Gasteiger partial charge in [-0.1, -0.05) is 6.92 Å². The van der Waals surface area contributed by atoms with Crippen LogP contribution in [0.3, 0.4) is 0 Å². The summed E-state index contributed by atoms with van der Waals surface area (Å²) >= 11 is 0. The highest BCUT2D eigenvalue weighted by molar-refractivity contribution is 5.77. The number of hydrogen-bond acceptors (Lipinski definition) is 3. The number of anilines is 1. The zero-order valence-electron chi connectivity index (χ0n) is 11.6. The van der Waals surface area contributed by atoms with Crippen LogP contribution in [0.2, 0.25) is 0 Å². The lowest BCUT2D eigenvalue weighted by molar-refractivity contribution is 0.112. The molecule has 1 saturated heterocycles. The second-order valence-corrected chi connectivity index (χ2v) is 5.23. The molecule has 0 saturated carbocycles. The van der Waals surface area contributed by atoms with Crippen molar-refractivity contribution in [1.82, 2.24) is 4.90 Å². The quantitative estimate of drug-likeness (QED) is 0.784. The number of aldehydes is 1. The van der Waals surface area contributed by atoms with Gasteiger partial charge >= 0.3 is 0 Å². The van der Waals surface area contributed by atoms with E-state index in [0.29, 0.717) is 17.9 Å². The van der Waals surface area contributed by atoms with Crippen molar-refractivity contribution in [3.8, 4) is 0 Å². The smallest absolute Gasteiger partial charge is 0.150 e. The fourth-order valence-corrected chi connectivity index (χ4v) is 2.76. The van der Waals surface area contributed by atoms with E-state index in [0.717, 1.165) is 38.2 Å². The van der Waals surface area contributed by atoms with Gasteiger partial charge in [0.2, 0.25) is 0 Å². The molecule has 1 atom stereocenters. The van der Waals surface area contributed by atoms with Crippen molar-refractivity contribution in [2.24, 2.45) is 0 Å². The molecule has 104 valence electrons. The van der Waals surface area contributed by atoms with Crippen LogP contribution in [0.15, 0.2) is 18.2 Å². The van der Waals surface area contributed by atoms with Gasteiger partial charge < -0.3 is 9.80 Å². The summed E-state index contributed by atoms with van der Waals surface area (Å²) < 4.78 is 13.6. The van der Waals surface area contributed by atoms with E-state index in [-0.39, 0.29) is 5.82 Å². The van der Waals surface area contributed by atoms with Crippen LogP contribution < -0.4 is 4.90 Å². The van der Waals surface area contributed by atoms with Crippen LogP contribution in [0, 0.1) is 5.82 Å². The Morgan fingerprint density at radius 1 is 1.37 bits per heavy atom. The largest absolute Gasteiger partial charge is 0.367 e. The molecule has 0 radical (unpaired) electrons. The van der Waals surface area contributed by atoms with E-state index < -0.39 is 0 Å². The second-order valence-electron chi connectivity index (χ2n) is 5.23. The average molecular weight is 264 g/mol. The van der Waals surface area contributed by atoms with Crippen molar-refractivity contribution in [2.75, 3.05) is 31.6 Å². The summed E-state index contributed by atoms with van der Waals surface area (Å²) in [6.45, 7) is 5.09. The first-order chi connectivity index (χ1) is 9.13. The lowest BCUT2D eigenvalue weighted by atomic mass is 10.1. The molecule has 1 unspecified atom stereocenters. The fourth-order valence-electron chi connectivity index (χ4n) is 2.76. The third-order valence-electron chi connectivity index (χ3n) is 3.75. The number of benzene rings is 1. The van der Waals surface area contributed by atoms with Gasteiger partial charge in [0.05, 0.1) is 0 Å². The Balaban J connectivity index is 2.31. The molecule has 1 aromatic rings. The van der Waals surface area contributed by atoms with Crippen molar-refractivity contribution >= 4 is 12.0 Å². The molecule has 1 aromatic carbocycles. The molecule has 0 N–H and O–H groups in total. The number of hydrogen-bond donors (Lipinski definition) is 0. The molecule has 1 heterocycles. The molecular weight excluding hydrogens is 243 g/mol. The van der Waals surface area contributed by atoms with Crippen LogP contribution in [0.4, 0.5) is 10.1 Å². The highest BCUT2D eigenvalue weighted by Gasteiger charge is 2.22. The molecule has 1 fully saturated rings. The molecule has 4 heteroatoms. The zero-order valence-corrected chi connectivity index (χ0v) is 11.6. The summed E-state index contributed by atoms with van der Waals surface area (Å²) in [6, 6.07) is 4.96. The lowest BCUT2D eigenvalue weighted by Gasteiger charge is -2.32.